The molecule has 0 atom stereocenters. The second kappa shape index (κ2) is 6.67. The molecule has 0 radical (unpaired) electrons. The summed E-state index contributed by atoms with van der Waals surface area (Å²) >= 11 is 0. The summed E-state index contributed by atoms with van der Waals surface area (Å²) in [5, 5.41) is 14.6. The van der Waals surface area contributed by atoms with Crippen LogP contribution in [-0.2, 0) is 6.54 Å². The largest absolute Gasteiger partial charge is 0.409 e. The van der Waals surface area contributed by atoms with Crippen LogP contribution in [0.4, 0.5) is 4.39 Å². The number of oxime groups is 1. The first-order chi connectivity index (χ1) is 9.27. The summed E-state index contributed by atoms with van der Waals surface area (Å²) in [7, 11) is 4.02. The van der Waals surface area contributed by atoms with Crippen LogP contribution >= 0.6 is 0 Å². The van der Waals surface area contributed by atoms with Crippen molar-refractivity contribution in [1.82, 2.24) is 10.2 Å². The fourth-order valence-corrected chi connectivity index (χ4v) is 1.57. The summed E-state index contributed by atoms with van der Waals surface area (Å²) in [6.45, 7) is 5.39. The summed E-state index contributed by atoms with van der Waals surface area (Å²) in [4.78, 5) is 2.11. The number of nitrogens with zero attached hydrogens (tertiary/aromatic N) is 2. The van der Waals surface area contributed by atoms with Gasteiger partial charge in [-0.05, 0) is 34.0 Å². The minimum Gasteiger partial charge on any atom is -0.409 e. The highest BCUT2D eigenvalue weighted by molar-refractivity contribution is 5.97. The molecule has 0 fully saturated rings. The average molecular weight is 282 g/mol. The van der Waals surface area contributed by atoms with E-state index in [4.69, 9.17) is 10.9 Å². The lowest BCUT2D eigenvalue weighted by atomic mass is 10.0. The highest BCUT2D eigenvalue weighted by atomic mass is 19.1. The predicted molar refractivity (Wildman–Crippen MR) is 78.4 cm³/mol. The van der Waals surface area contributed by atoms with Crippen molar-refractivity contribution in [2.45, 2.75) is 25.9 Å². The van der Waals surface area contributed by atoms with Gasteiger partial charge in [-0.1, -0.05) is 17.3 Å². The average Bonchev–Trinajstić information content (AvgIpc) is 2.39. The van der Waals surface area contributed by atoms with Gasteiger partial charge in [0.2, 0.25) is 0 Å². The molecule has 1 aromatic carbocycles. The summed E-state index contributed by atoms with van der Waals surface area (Å²) in [6.07, 6.45) is 0. The third-order valence-corrected chi connectivity index (χ3v) is 3.54. The van der Waals surface area contributed by atoms with Crippen LogP contribution in [0.25, 0.3) is 0 Å². The van der Waals surface area contributed by atoms with E-state index >= 15 is 0 Å². The molecular weight excluding hydrogens is 259 g/mol. The van der Waals surface area contributed by atoms with Crippen molar-refractivity contribution in [3.8, 4) is 0 Å². The number of rotatable bonds is 6. The third-order valence-electron chi connectivity index (χ3n) is 3.54. The maximum atomic E-state index is 13.9. The first-order valence-corrected chi connectivity index (χ1v) is 6.42. The summed E-state index contributed by atoms with van der Waals surface area (Å²) in [5.41, 5.74) is 6.32. The van der Waals surface area contributed by atoms with Gasteiger partial charge >= 0.3 is 0 Å². The minimum atomic E-state index is -0.371. The van der Waals surface area contributed by atoms with Crippen LogP contribution < -0.4 is 11.1 Å². The number of amidine groups is 1. The highest BCUT2D eigenvalue weighted by Gasteiger charge is 2.19. The Balaban J connectivity index is 2.66. The molecule has 0 saturated heterocycles. The van der Waals surface area contributed by atoms with Crippen molar-refractivity contribution in [3.63, 3.8) is 0 Å². The summed E-state index contributed by atoms with van der Waals surface area (Å²) in [6, 6.07) is 4.54. The number of halogens is 1. The van der Waals surface area contributed by atoms with Crippen molar-refractivity contribution < 1.29 is 9.60 Å². The maximum Gasteiger partial charge on any atom is 0.170 e. The molecule has 0 bridgehead atoms. The Morgan fingerprint density at radius 2 is 2.10 bits per heavy atom. The lowest BCUT2D eigenvalue weighted by Gasteiger charge is -2.32. The smallest absolute Gasteiger partial charge is 0.170 e. The number of benzene rings is 1. The fourth-order valence-electron chi connectivity index (χ4n) is 1.57. The molecule has 0 amide bonds. The van der Waals surface area contributed by atoms with Gasteiger partial charge in [0.15, 0.2) is 5.84 Å². The van der Waals surface area contributed by atoms with Gasteiger partial charge in [-0.3, -0.25) is 0 Å². The van der Waals surface area contributed by atoms with Crippen LogP contribution in [-0.4, -0.2) is 42.1 Å². The zero-order chi connectivity index (χ0) is 15.3. The topological polar surface area (TPSA) is 73.9 Å². The first kappa shape index (κ1) is 16.4. The fraction of sp³-hybridized carbons (Fsp3) is 0.500. The Morgan fingerprint density at radius 3 is 2.60 bits per heavy atom. The molecule has 0 saturated carbocycles. The van der Waals surface area contributed by atoms with E-state index in [1.807, 2.05) is 14.1 Å². The van der Waals surface area contributed by atoms with Crippen LogP contribution in [0.15, 0.2) is 23.4 Å². The number of nitrogens with two attached hydrogens (primary N) is 1. The van der Waals surface area contributed by atoms with E-state index in [0.29, 0.717) is 17.7 Å². The van der Waals surface area contributed by atoms with Crippen molar-refractivity contribution in [2.75, 3.05) is 20.6 Å². The van der Waals surface area contributed by atoms with E-state index in [9.17, 15) is 4.39 Å². The number of likely N-dealkylation sites (N-methyl/N-ethyl adjacent to an activating group) is 1. The third kappa shape index (κ3) is 4.18. The van der Waals surface area contributed by atoms with E-state index in [0.717, 1.165) is 6.54 Å². The van der Waals surface area contributed by atoms with E-state index in [1.54, 1.807) is 12.1 Å². The molecule has 20 heavy (non-hydrogen) atoms. The first-order valence-electron chi connectivity index (χ1n) is 6.42. The zero-order valence-electron chi connectivity index (χ0n) is 12.4. The van der Waals surface area contributed by atoms with Gasteiger partial charge in [0.25, 0.3) is 0 Å². The molecule has 1 rings (SSSR count). The molecule has 0 aliphatic carbocycles. The SMILES string of the molecule is CN(C)C(C)(C)CNCc1ccc(C(N)=NO)cc1F. The van der Waals surface area contributed by atoms with Crippen LogP contribution in [0.3, 0.4) is 0 Å². The molecule has 5 nitrogen and oxygen atoms in total. The van der Waals surface area contributed by atoms with Gasteiger partial charge in [0.1, 0.15) is 5.82 Å². The molecule has 6 heteroatoms. The molecule has 0 aliphatic rings. The Hall–Kier alpha value is -1.66. The molecule has 0 aliphatic heterocycles. The maximum absolute atomic E-state index is 13.9. The van der Waals surface area contributed by atoms with E-state index in [1.165, 1.54) is 6.07 Å². The zero-order valence-corrected chi connectivity index (χ0v) is 12.4. The quantitative estimate of drug-likeness (QED) is 0.319. The van der Waals surface area contributed by atoms with Gasteiger partial charge in [-0.25, -0.2) is 4.39 Å². The molecule has 0 aromatic heterocycles. The standard InChI is InChI=1S/C14H23FN4O/c1-14(2,19(3)4)9-17-8-11-6-5-10(7-12(11)15)13(16)18-20/h5-7,17,20H,8-9H2,1-4H3,(H2,16,18). The van der Waals surface area contributed by atoms with Gasteiger partial charge in [0, 0.05) is 29.8 Å². The highest BCUT2D eigenvalue weighted by Crippen LogP contribution is 2.12. The Morgan fingerprint density at radius 1 is 1.45 bits per heavy atom. The van der Waals surface area contributed by atoms with E-state index in [-0.39, 0.29) is 17.2 Å². The number of hydrogen-bond acceptors (Lipinski definition) is 4. The molecule has 1 aromatic rings. The van der Waals surface area contributed by atoms with Crippen molar-refractivity contribution in [3.05, 3.63) is 35.1 Å². The monoisotopic (exact) mass is 282 g/mol. The lowest BCUT2D eigenvalue weighted by Crippen LogP contribution is -2.46. The van der Waals surface area contributed by atoms with Crippen molar-refractivity contribution >= 4 is 5.84 Å². The Kier molecular flexibility index (Phi) is 5.47. The molecule has 0 unspecified atom stereocenters. The second-order valence-corrected chi connectivity index (χ2v) is 5.60. The van der Waals surface area contributed by atoms with Gasteiger partial charge in [-0.15, -0.1) is 0 Å². The Bertz CT molecular complexity index is 486. The minimum absolute atomic E-state index is 0.00953. The Labute approximate surface area is 119 Å². The molecule has 0 spiro atoms. The normalized spacial score (nSPS) is 13.0. The lowest BCUT2D eigenvalue weighted by molar-refractivity contribution is 0.189. The van der Waals surface area contributed by atoms with Crippen LogP contribution in [0, 0.1) is 5.82 Å². The van der Waals surface area contributed by atoms with Gasteiger partial charge < -0.3 is 21.2 Å². The van der Waals surface area contributed by atoms with Crippen molar-refractivity contribution in [2.24, 2.45) is 10.9 Å². The van der Waals surface area contributed by atoms with Gasteiger partial charge in [-0.2, -0.15) is 0 Å². The van der Waals surface area contributed by atoms with E-state index in [2.05, 4.69) is 29.2 Å². The van der Waals surface area contributed by atoms with E-state index < -0.39 is 0 Å². The van der Waals surface area contributed by atoms with Gasteiger partial charge in [0.05, 0.1) is 0 Å². The number of hydrogen-bond donors (Lipinski definition) is 3. The summed E-state index contributed by atoms with van der Waals surface area (Å²) in [5.74, 6) is -0.471. The molecule has 0 heterocycles. The van der Waals surface area contributed by atoms with Crippen LogP contribution in [0.1, 0.15) is 25.0 Å². The molecular formula is C14H23FN4O. The predicted octanol–water partition coefficient (Wildman–Crippen LogP) is 1.35. The van der Waals surface area contributed by atoms with Crippen LogP contribution in [0.5, 0.6) is 0 Å². The summed E-state index contributed by atoms with van der Waals surface area (Å²) < 4.78 is 13.9. The number of nitrogens with one attached hydrogen (secondary N) is 1. The van der Waals surface area contributed by atoms with Crippen LogP contribution in [0.2, 0.25) is 0 Å². The second-order valence-electron chi connectivity index (χ2n) is 5.60. The van der Waals surface area contributed by atoms with Crippen molar-refractivity contribution in [1.29, 1.82) is 0 Å². The molecule has 112 valence electrons. The molecule has 4 N–H and O–H groups in total.